The highest BCUT2D eigenvalue weighted by molar-refractivity contribution is 6.52. The zero-order valence-corrected chi connectivity index (χ0v) is 12.3. The van der Waals surface area contributed by atoms with Crippen LogP contribution in [0.2, 0.25) is 20.2 Å². The highest BCUT2D eigenvalue weighted by Crippen LogP contribution is 2.36. The predicted molar refractivity (Wildman–Crippen MR) is 71.5 cm³/mol. The van der Waals surface area contributed by atoms with Crippen molar-refractivity contribution < 1.29 is 4.79 Å². The third-order valence-electron chi connectivity index (χ3n) is 2.24. The van der Waals surface area contributed by atoms with Crippen molar-refractivity contribution in [1.82, 2.24) is 9.88 Å². The van der Waals surface area contributed by atoms with Crippen molar-refractivity contribution in [3.05, 3.63) is 25.9 Å². The minimum atomic E-state index is -0.319. The molecule has 0 saturated carbocycles. The van der Waals surface area contributed by atoms with E-state index in [4.69, 9.17) is 46.4 Å². The van der Waals surface area contributed by atoms with Crippen LogP contribution in [0.25, 0.3) is 0 Å². The van der Waals surface area contributed by atoms with Crippen LogP contribution in [0.1, 0.15) is 24.3 Å². The van der Waals surface area contributed by atoms with E-state index < -0.39 is 0 Å². The quantitative estimate of drug-likeness (QED) is 0.784. The smallest absolute Gasteiger partial charge is 0.274 e. The van der Waals surface area contributed by atoms with Crippen LogP contribution in [-0.4, -0.2) is 28.9 Å². The second kappa shape index (κ2) is 6.10. The molecule has 7 heteroatoms. The highest BCUT2D eigenvalue weighted by Gasteiger charge is 2.22. The lowest BCUT2D eigenvalue weighted by molar-refractivity contribution is 0.0767. The molecule has 0 unspecified atom stereocenters. The van der Waals surface area contributed by atoms with Gasteiger partial charge >= 0.3 is 0 Å². The summed E-state index contributed by atoms with van der Waals surface area (Å²) in [6, 6.07) is 0. The van der Waals surface area contributed by atoms with Gasteiger partial charge in [0.25, 0.3) is 5.91 Å². The molecule has 0 fully saturated rings. The number of carbonyl (C=O) groups is 1. The molecule has 0 atom stereocenters. The van der Waals surface area contributed by atoms with Gasteiger partial charge in [-0.1, -0.05) is 46.4 Å². The second-order valence-corrected chi connectivity index (χ2v) is 4.66. The molecule has 1 aromatic heterocycles. The maximum Gasteiger partial charge on any atom is 0.274 e. The second-order valence-electron chi connectivity index (χ2n) is 3.17. The van der Waals surface area contributed by atoms with Crippen LogP contribution < -0.4 is 0 Å². The topological polar surface area (TPSA) is 33.2 Å². The first-order chi connectivity index (χ1) is 7.93. The summed E-state index contributed by atoms with van der Waals surface area (Å²) < 4.78 is 0. The minimum Gasteiger partial charge on any atom is -0.338 e. The monoisotopic (exact) mass is 314 g/mol. The van der Waals surface area contributed by atoms with Crippen molar-refractivity contribution in [1.29, 1.82) is 0 Å². The van der Waals surface area contributed by atoms with Gasteiger partial charge in [0.2, 0.25) is 0 Å². The number of aromatic nitrogens is 1. The Morgan fingerprint density at radius 1 is 1.06 bits per heavy atom. The summed E-state index contributed by atoms with van der Waals surface area (Å²) in [6.45, 7) is 4.80. The molecule has 3 nitrogen and oxygen atoms in total. The van der Waals surface area contributed by atoms with Gasteiger partial charge in [0.1, 0.15) is 10.8 Å². The minimum absolute atomic E-state index is 0.0229. The normalized spacial score (nSPS) is 10.5. The molecule has 0 bridgehead atoms. The van der Waals surface area contributed by atoms with Crippen molar-refractivity contribution >= 4 is 52.3 Å². The fourth-order valence-electron chi connectivity index (χ4n) is 1.29. The first-order valence-corrected chi connectivity index (χ1v) is 6.44. The first kappa shape index (κ1) is 14.8. The van der Waals surface area contributed by atoms with E-state index in [0.29, 0.717) is 13.1 Å². The number of hydrogen-bond donors (Lipinski definition) is 0. The van der Waals surface area contributed by atoms with E-state index in [-0.39, 0.29) is 31.8 Å². The van der Waals surface area contributed by atoms with Crippen molar-refractivity contribution in [2.45, 2.75) is 13.8 Å². The van der Waals surface area contributed by atoms with Crippen LogP contribution in [0.5, 0.6) is 0 Å². The molecular formula is C10H10Cl4N2O. The molecule has 0 aliphatic carbocycles. The molecule has 0 aromatic carbocycles. The zero-order chi connectivity index (χ0) is 13.2. The van der Waals surface area contributed by atoms with Crippen molar-refractivity contribution in [2.24, 2.45) is 0 Å². The van der Waals surface area contributed by atoms with Crippen LogP contribution >= 0.6 is 46.4 Å². The van der Waals surface area contributed by atoms with Gasteiger partial charge in [0.05, 0.1) is 15.1 Å². The number of pyridine rings is 1. The molecule has 1 amide bonds. The van der Waals surface area contributed by atoms with Gasteiger partial charge in [-0.15, -0.1) is 0 Å². The summed E-state index contributed by atoms with van der Waals surface area (Å²) in [5.74, 6) is -0.319. The first-order valence-electron chi connectivity index (χ1n) is 4.93. The molecule has 0 radical (unpaired) electrons. The van der Waals surface area contributed by atoms with Crippen LogP contribution in [0.15, 0.2) is 0 Å². The summed E-state index contributed by atoms with van der Waals surface area (Å²) in [4.78, 5) is 17.5. The fraction of sp³-hybridized carbons (Fsp3) is 0.400. The van der Waals surface area contributed by atoms with Gasteiger partial charge in [-0.25, -0.2) is 4.98 Å². The molecule has 0 N–H and O–H groups in total. The maximum absolute atomic E-state index is 12.1. The Morgan fingerprint density at radius 3 is 2.06 bits per heavy atom. The van der Waals surface area contributed by atoms with E-state index in [1.807, 2.05) is 13.8 Å². The van der Waals surface area contributed by atoms with E-state index in [9.17, 15) is 4.79 Å². The van der Waals surface area contributed by atoms with Gasteiger partial charge in [-0.3, -0.25) is 4.79 Å². The number of amides is 1. The third kappa shape index (κ3) is 2.97. The summed E-state index contributed by atoms with van der Waals surface area (Å²) in [7, 11) is 0. The SMILES string of the molecule is CCN(CC)C(=O)c1nc(Cl)c(Cl)c(Cl)c1Cl. The summed E-state index contributed by atoms with van der Waals surface area (Å²) >= 11 is 23.3. The average molecular weight is 316 g/mol. The Hall–Kier alpha value is -0.220. The number of carbonyl (C=O) groups excluding carboxylic acids is 1. The van der Waals surface area contributed by atoms with Crippen LogP contribution in [-0.2, 0) is 0 Å². The Bertz CT molecular complexity index is 446. The Balaban J connectivity index is 3.28. The molecule has 1 aromatic rings. The van der Waals surface area contributed by atoms with E-state index in [1.54, 1.807) is 4.90 Å². The van der Waals surface area contributed by atoms with E-state index in [1.165, 1.54) is 0 Å². The Labute approximate surface area is 120 Å². The third-order valence-corrected chi connectivity index (χ3v) is 3.92. The molecule has 0 aliphatic rings. The summed E-state index contributed by atoms with van der Waals surface area (Å²) in [6.07, 6.45) is 0. The molecule has 94 valence electrons. The van der Waals surface area contributed by atoms with Gasteiger partial charge < -0.3 is 4.90 Å². The fourth-order valence-corrected chi connectivity index (χ4v) is 2.10. The number of hydrogen-bond acceptors (Lipinski definition) is 2. The lowest BCUT2D eigenvalue weighted by atomic mass is 10.3. The van der Waals surface area contributed by atoms with Crippen molar-refractivity contribution in [3.63, 3.8) is 0 Å². The van der Waals surface area contributed by atoms with Gasteiger partial charge in [0.15, 0.2) is 0 Å². The molecule has 0 aliphatic heterocycles. The van der Waals surface area contributed by atoms with E-state index in [2.05, 4.69) is 4.98 Å². The van der Waals surface area contributed by atoms with Gasteiger partial charge in [0, 0.05) is 13.1 Å². The van der Waals surface area contributed by atoms with Crippen molar-refractivity contribution in [3.8, 4) is 0 Å². The molecule has 1 heterocycles. The molecule has 17 heavy (non-hydrogen) atoms. The van der Waals surface area contributed by atoms with Gasteiger partial charge in [-0.05, 0) is 13.8 Å². The lowest BCUT2D eigenvalue weighted by Crippen LogP contribution is -2.31. The zero-order valence-electron chi connectivity index (χ0n) is 9.23. The standard InChI is InChI=1S/C10H10Cl4N2O/c1-3-16(4-2)10(17)8-6(12)5(11)7(13)9(14)15-8/h3-4H2,1-2H3. The molecule has 0 spiro atoms. The van der Waals surface area contributed by atoms with E-state index >= 15 is 0 Å². The summed E-state index contributed by atoms with van der Waals surface area (Å²) in [5.41, 5.74) is 0.0229. The van der Waals surface area contributed by atoms with Crippen molar-refractivity contribution in [2.75, 3.05) is 13.1 Å². The number of nitrogens with zero attached hydrogens (tertiary/aromatic N) is 2. The Morgan fingerprint density at radius 2 is 1.59 bits per heavy atom. The molecule has 0 saturated heterocycles. The van der Waals surface area contributed by atoms with Gasteiger partial charge in [-0.2, -0.15) is 0 Å². The van der Waals surface area contributed by atoms with E-state index in [0.717, 1.165) is 0 Å². The average Bonchev–Trinajstić information content (AvgIpc) is 2.32. The van der Waals surface area contributed by atoms with Crippen LogP contribution in [0, 0.1) is 0 Å². The number of rotatable bonds is 3. The maximum atomic E-state index is 12.1. The largest absolute Gasteiger partial charge is 0.338 e. The Kier molecular flexibility index (Phi) is 5.32. The number of halogens is 4. The van der Waals surface area contributed by atoms with Crippen LogP contribution in [0.4, 0.5) is 0 Å². The van der Waals surface area contributed by atoms with Crippen LogP contribution in [0.3, 0.4) is 0 Å². The predicted octanol–water partition coefficient (Wildman–Crippen LogP) is 4.18. The lowest BCUT2D eigenvalue weighted by Gasteiger charge is -2.19. The molecular weight excluding hydrogens is 306 g/mol. The molecule has 1 rings (SSSR count). The highest BCUT2D eigenvalue weighted by atomic mass is 35.5. The summed E-state index contributed by atoms with van der Waals surface area (Å²) in [5, 5.41) is 0.0906.